The Bertz CT molecular complexity index is 758. The molecule has 7 heteroatoms. The zero-order valence-electron chi connectivity index (χ0n) is 12.2. The summed E-state index contributed by atoms with van der Waals surface area (Å²) in [6, 6.07) is 11.3. The van der Waals surface area contributed by atoms with E-state index in [4.69, 9.17) is 11.6 Å². The van der Waals surface area contributed by atoms with Crippen LogP contribution >= 0.6 is 11.6 Å². The number of anilines is 1. The minimum Gasteiger partial charge on any atom is -0.314 e. The number of hydrogen-bond acceptors (Lipinski definition) is 3. The van der Waals surface area contributed by atoms with Crippen molar-refractivity contribution < 1.29 is 9.72 Å². The number of carbonyl (C=O) groups excluding carboxylic acids is 1. The number of urea groups is 1. The Morgan fingerprint density at radius 2 is 1.91 bits per heavy atom. The fraction of sp³-hybridized carbons (Fsp3) is 0.0625. The van der Waals surface area contributed by atoms with Crippen LogP contribution in [0.2, 0.25) is 5.02 Å². The molecule has 23 heavy (non-hydrogen) atoms. The van der Waals surface area contributed by atoms with Crippen LogP contribution in [0.4, 0.5) is 16.2 Å². The second-order valence-electron chi connectivity index (χ2n) is 4.77. The lowest BCUT2D eigenvalue weighted by Gasteiger charge is -2.05. The first kappa shape index (κ1) is 16.5. The molecule has 2 aromatic rings. The summed E-state index contributed by atoms with van der Waals surface area (Å²) in [5.74, 6) is 0. The summed E-state index contributed by atoms with van der Waals surface area (Å²) in [7, 11) is 0. The van der Waals surface area contributed by atoms with Crippen LogP contribution < -0.4 is 10.6 Å². The van der Waals surface area contributed by atoms with Crippen molar-refractivity contribution in [2.45, 2.75) is 6.92 Å². The summed E-state index contributed by atoms with van der Waals surface area (Å²) >= 11 is 5.71. The minimum atomic E-state index is -0.608. The largest absolute Gasteiger partial charge is 0.323 e. The first-order valence-corrected chi connectivity index (χ1v) is 7.08. The van der Waals surface area contributed by atoms with Gasteiger partial charge in [0.1, 0.15) is 5.02 Å². The van der Waals surface area contributed by atoms with Gasteiger partial charge in [-0.1, -0.05) is 41.4 Å². The number of nitro benzene ring substituents is 1. The number of halogens is 1. The molecule has 2 N–H and O–H groups in total. The molecule has 6 nitrogen and oxygen atoms in total. The van der Waals surface area contributed by atoms with Crippen LogP contribution in [0.5, 0.6) is 0 Å². The van der Waals surface area contributed by atoms with Crippen LogP contribution in [0.3, 0.4) is 0 Å². The molecular weight excluding hydrogens is 318 g/mol. The summed E-state index contributed by atoms with van der Waals surface area (Å²) < 4.78 is 0. The summed E-state index contributed by atoms with van der Waals surface area (Å²) in [6.45, 7) is 1.99. The Morgan fingerprint density at radius 3 is 2.57 bits per heavy atom. The van der Waals surface area contributed by atoms with Gasteiger partial charge < -0.3 is 10.6 Å². The minimum absolute atomic E-state index is 0.0141. The number of nitrogens with one attached hydrogen (secondary N) is 2. The van der Waals surface area contributed by atoms with Crippen molar-refractivity contribution in [3.63, 3.8) is 0 Å². The van der Waals surface area contributed by atoms with Gasteiger partial charge in [0.25, 0.3) is 5.69 Å². The van der Waals surface area contributed by atoms with Gasteiger partial charge in [-0.15, -0.1) is 0 Å². The van der Waals surface area contributed by atoms with Crippen molar-refractivity contribution >= 4 is 35.1 Å². The number of amides is 2. The number of benzene rings is 2. The first-order chi connectivity index (χ1) is 11.0. The maximum absolute atomic E-state index is 11.7. The fourth-order valence-electron chi connectivity index (χ4n) is 1.79. The molecule has 2 rings (SSSR count). The van der Waals surface area contributed by atoms with Gasteiger partial charge >= 0.3 is 6.03 Å². The van der Waals surface area contributed by atoms with Crippen LogP contribution in [-0.4, -0.2) is 11.0 Å². The summed E-state index contributed by atoms with van der Waals surface area (Å²) in [5, 5.41) is 15.8. The molecule has 0 heterocycles. The fourth-order valence-corrected chi connectivity index (χ4v) is 1.98. The average Bonchev–Trinajstić information content (AvgIpc) is 2.51. The van der Waals surface area contributed by atoms with E-state index in [0.717, 1.165) is 11.1 Å². The standard InChI is InChI=1S/C16H14ClN3O3/c1-11-2-4-12(5-3-11)8-9-18-16(21)19-13-6-7-14(17)15(10-13)20(22)23/h2-10H,1H3,(H2,18,19,21)/b9-8+. The molecule has 0 fully saturated rings. The molecule has 0 spiro atoms. The maximum atomic E-state index is 11.7. The quantitative estimate of drug-likeness (QED) is 0.645. The van der Waals surface area contributed by atoms with Crippen molar-refractivity contribution in [3.8, 4) is 0 Å². The Kier molecular flexibility index (Phi) is 5.32. The monoisotopic (exact) mass is 331 g/mol. The van der Waals surface area contributed by atoms with Crippen molar-refractivity contribution in [2.75, 3.05) is 5.32 Å². The molecule has 0 saturated heterocycles. The normalized spacial score (nSPS) is 10.5. The van der Waals surface area contributed by atoms with Gasteiger partial charge in [-0.05, 0) is 30.7 Å². The highest BCUT2D eigenvalue weighted by atomic mass is 35.5. The zero-order valence-corrected chi connectivity index (χ0v) is 13.0. The zero-order chi connectivity index (χ0) is 16.8. The van der Waals surface area contributed by atoms with Crippen molar-refractivity contribution in [1.82, 2.24) is 5.32 Å². The van der Waals surface area contributed by atoms with Gasteiger partial charge in [0, 0.05) is 18.0 Å². The average molecular weight is 332 g/mol. The van der Waals surface area contributed by atoms with E-state index in [-0.39, 0.29) is 16.4 Å². The molecule has 0 unspecified atom stereocenters. The number of nitro groups is 1. The van der Waals surface area contributed by atoms with Crippen LogP contribution in [0.15, 0.2) is 48.7 Å². The molecule has 0 radical (unpaired) electrons. The Hall–Kier alpha value is -2.86. The molecule has 0 saturated carbocycles. The van der Waals surface area contributed by atoms with Crippen LogP contribution in [0.1, 0.15) is 11.1 Å². The highest BCUT2D eigenvalue weighted by Crippen LogP contribution is 2.27. The Morgan fingerprint density at radius 1 is 1.22 bits per heavy atom. The number of carbonyl (C=O) groups is 1. The smallest absolute Gasteiger partial charge is 0.314 e. The number of aryl methyl sites for hydroxylation is 1. The highest BCUT2D eigenvalue weighted by molar-refractivity contribution is 6.32. The molecule has 0 aromatic heterocycles. The summed E-state index contributed by atoms with van der Waals surface area (Å²) in [4.78, 5) is 21.9. The lowest BCUT2D eigenvalue weighted by molar-refractivity contribution is -0.384. The lowest BCUT2D eigenvalue weighted by atomic mass is 10.1. The number of rotatable bonds is 4. The molecule has 2 amide bonds. The predicted molar refractivity (Wildman–Crippen MR) is 90.5 cm³/mol. The molecule has 0 aliphatic heterocycles. The third-order valence-corrected chi connectivity index (χ3v) is 3.29. The van der Waals surface area contributed by atoms with Crippen LogP contribution in [0.25, 0.3) is 6.08 Å². The van der Waals surface area contributed by atoms with Crippen LogP contribution in [0, 0.1) is 17.0 Å². The van der Waals surface area contributed by atoms with Gasteiger partial charge in [0.15, 0.2) is 0 Å². The molecule has 0 aliphatic rings. The number of nitrogens with zero attached hydrogens (tertiary/aromatic N) is 1. The van der Waals surface area contributed by atoms with Gasteiger partial charge in [-0.25, -0.2) is 4.79 Å². The van der Waals surface area contributed by atoms with E-state index in [9.17, 15) is 14.9 Å². The highest BCUT2D eigenvalue weighted by Gasteiger charge is 2.13. The van der Waals surface area contributed by atoms with Crippen molar-refractivity contribution in [1.29, 1.82) is 0 Å². The SMILES string of the molecule is Cc1ccc(/C=C/NC(=O)Nc2ccc(Cl)c([N+](=O)[O-])c2)cc1. The van der Waals surface area contributed by atoms with Gasteiger partial charge in [0.05, 0.1) is 4.92 Å². The van der Waals surface area contributed by atoms with E-state index in [2.05, 4.69) is 10.6 Å². The lowest BCUT2D eigenvalue weighted by Crippen LogP contribution is -2.23. The summed E-state index contributed by atoms with van der Waals surface area (Å²) in [5.41, 5.74) is 2.11. The van der Waals surface area contributed by atoms with Gasteiger partial charge in [0.2, 0.25) is 0 Å². The molecule has 2 aromatic carbocycles. The number of hydrogen-bond donors (Lipinski definition) is 2. The molecule has 0 aliphatic carbocycles. The van der Waals surface area contributed by atoms with Crippen molar-refractivity contribution in [3.05, 3.63) is 74.9 Å². The summed E-state index contributed by atoms with van der Waals surface area (Å²) in [6.07, 6.45) is 3.23. The Labute approximate surface area is 137 Å². The molecular formula is C16H14ClN3O3. The maximum Gasteiger partial charge on any atom is 0.323 e. The second kappa shape index (κ2) is 7.42. The third-order valence-electron chi connectivity index (χ3n) is 2.97. The molecule has 0 atom stereocenters. The van der Waals surface area contributed by atoms with Gasteiger partial charge in [-0.3, -0.25) is 10.1 Å². The van der Waals surface area contributed by atoms with E-state index in [1.165, 1.54) is 24.4 Å². The van der Waals surface area contributed by atoms with E-state index in [1.54, 1.807) is 6.08 Å². The van der Waals surface area contributed by atoms with Gasteiger partial charge in [-0.2, -0.15) is 0 Å². The topological polar surface area (TPSA) is 84.3 Å². The van der Waals surface area contributed by atoms with E-state index in [0.29, 0.717) is 0 Å². The molecule has 118 valence electrons. The van der Waals surface area contributed by atoms with E-state index >= 15 is 0 Å². The van der Waals surface area contributed by atoms with E-state index in [1.807, 2.05) is 31.2 Å². The van der Waals surface area contributed by atoms with E-state index < -0.39 is 11.0 Å². The predicted octanol–water partition coefficient (Wildman–Crippen LogP) is 4.35. The Balaban J connectivity index is 1.96. The third kappa shape index (κ3) is 4.82. The molecule has 0 bridgehead atoms. The first-order valence-electron chi connectivity index (χ1n) is 6.70. The second-order valence-corrected chi connectivity index (χ2v) is 5.17. The van der Waals surface area contributed by atoms with Crippen molar-refractivity contribution in [2.24, 2.45) is 0 Å². The van der Waals surface area contributed by atoms with Crippen LogP contribution in [-0.2, 0) is 0 Å².